The van der Waals surface area contributed by atoms with Gasteiger partial charge in [-0.15, -0.1) is 0 Å². The zero-order valence-electron chi connectivity index (χ0n) is 11.0. The second-order valence-corrected chi connectivity index (χ2v) is 6.90. The Balaban J connectivity index is 1.77. The highest BCUT2D eigenvalue weighted by Gasteiger charge is 2.11. The van der Waals surface area contributed by atoms with Crippen LogP contribution in [0.4, 0.5) is 0 Å². The number of hydrogen-bond donors (Lipinski definition) is 1. The molecule has 1 aromatic carbocycles. The van der Waals surface area contributed by atoms with Crippen LogP contribution in [0.1, 0.15) is 12.0 Å². The first kappa shape index (κ1) is 14.1. The molecule has 0 fully saturated rings. The molecule has 1 aliphatic heterocycles. The van der Waals surface area contributed by atoms with Crippen molar-refractivity contribution < 1.29 is 17.9 Å². The summed E-state index contributed by atoms with van der Waals surface area (Å²) < 4.78 is 32.9. The minimum atomic E-state index is -2.86. The molecular weight excluding hydrogens is 266 g/mol. The number of benzene rings is 1. The first-order valence-electron chi connectivity index (χ1n) is 6.31. The van der Waals surface area contributed by atoms with E-state index in [1.807, 2.05) is 18.2 Å². The van der Waals surface area contributed by atoms with Crippen LogP contribution in [0.3, 0.4) is 0 Å². The Morgan fingerprint density at radius 1 is 1.21 bits per heavy atom. The molecule has 0 atom stereocenters. The Kier molecular flexibility index (Phi) is 4.66. The van der Waals surface area contributed by atoms with Crippen LogP contribution in [0.25, 0.3) is 0 Å². The second kappa shape index (κ2) is 6.25. The van der Waals surface area contributed by atoms with Gasteiger partial charge in [0.15, 0.2) is 11.5 Å². The van der Waals surface area contributed by atoms with Crippen molar-refractivity contribution >= 4 is 9.84 Å². The molecule has 2 rings (SSSR count). The number of ether oxygens (including phenoxy) is 2. The van der Waals surface area contributed by atoms with Crippen molar-refractivity contribution in [2.24, 2.45) is 0 Å². The van der Waals surface area contributed by atoms with Crippen LogP contribution < -0.4 is 14.8 Å². The number of fused-ring (bicyclic) bond motifs is 1. The van der Waals surface area contributed by atoms with Crippen molar-refractivity contribution in [3.8, 4) is 11.5 Å². The molecule has 0 saturated carbocycles. The van der Waals surface area contributed by atoms with E-state index in [0.29, 0.717) is 32.7 Å². The van der Waals surface area contributed by atoms with Gasteiger partial charge in [0.2, 0.25) is 0 Å². The van der Waals surface area contributed by atoms with Crippen molar-refractivity contribution in [1.82, 2.24) is 5.32 Å². The summed E-state index contributed by atoms with van der Waals surface area (Å²) in [7, 11) is -2.86. The zero-order valence-corrected chi connectivity index (χ0v) is 11.8. The van der Waals surface area contributed by atoms with Crippen LogP contribution in [0.5, 0.6) is 11.5 Å². The minimum absolute atomic E-state index is 0.223. The lowest BCUT2D eigenvalue weighted by Gasteiger charge is -2.19. The minimum Gasteiger partial charge on any atom is -0.486 e. The highest BCUT2D eigenvalue weighted by atomic mass is 32.2. The van der Waals surface area contributed by atoms with E-state index in [1.165, 1.54) is 6.26 Å². The molecule has 6 heteroatoms. The Labute approximate surface area is 113 Å². The fourth-order valence-corrected chi connectivity index (χ4v) is 2.56. The van der Waals surface area contributed by atoms with Gasteiger partial charge in [0.1, 0.15) is 23.1 Å². The number of sulfone groups is 1. The fraction of sp³-hybridized carbons (Fsp3) is 0.538. The van der Waals surface area contributed by atoms with E-state index >= 15 is 0 Å². The first-order valence-corrected chi connectivity index (χ1v) is 8.38. The summed E-state index contributed by atoms with van der Waals surface area (Å²) in [5, 5.41) is 3.22. The van der Waals surface area contributed by atoms with Gasteiger partial charge in [0.25, 0.3) is 0 Å². The van der Waals surface area contributed by atoms with Gasteiger partial charge >= 0.3 is 0 Å². The van der Waals surface area contributed by atoms with E-state index in [2.05, 4.69) is 5.32 Å². The normalized spacial score (nSPS) is 14.4. The third-order valence-corrected chi connectivity index (χ3v) is 3.83. The highest BCUT2D eigenvalue weighted by Crippen LogP contribution is 2.30. The van der Waals surface area contributed by atoms with Gasteiger partial charge in [0.05, 0.1) is 5.75 Å². The SMILES string of the molecule is CS(=O)(=O)CCCNCc1ccc2c(c1)OCCO2. The lowest BCUT2D eigenvalue weighted by Crippen LogP contribution is -2.19. The molecule has 0 aliphatic carbocycles. The van der Waals surface area contributed by atoms with Crippen LogP contribution in [-0.2, 0) is 16.4 Å². The molecule has 1 aliphatic rings. The van der Waals surface area contributed by atoms with Crippen molar-refractivity contribution in [3.05, 3.63) is 23.8 Å². The molecule has 1 aromatic rings. The van der Waals surface area contributed by atoms with E-state index in [4.69, 9.17) is 9.47 Å². The molecule has 1 N–H and O–H groups in total. The lowest BCUT2D eigenvalue weighted by molar-refractivity contribution is 0.171. The zero-order chi connectivity index (χ0) is 13.7. The number of hydrogen-bond acceptors (Lipinski definition) is 5. The average Bonchev–Trinajstić information content (AvgIpc) is 2.37. The molecule has 1 heterocycles. The fourth-order valence-electron chi connectivity index (χ4n) is 1.89. The monoisotopic (exact) mass is 285 g/mol. The third-order valence-electron chi connectivity index (χ3n) is 2.80. The quantitative estimate of drug-likeness (QED) is 0.789. The predicted octanol–water partition coefficient (Wildman–Crippen LogP) is 0.982. The van der Waals surface area contributed by atoms with Crippen molar-refractivity contribution in [2.75, 3.05) is 31.8 Å². The van der Waals surface area contributed by atoms with Crippen LogP contribution in [0.2, 0.25) is 0 Å². The molecule has 0 amide bonds. The van der Waals surface area contributed by atoms with E-state index in [-0.39, 0.29) is 5.75 Å². The summed E-state index contributed by atoms with van der Waals surface area (Å²) in [6.07, 6.45) is 1.89. The van der Waals surface area contributed by atoms with Gasteiger partial charge in [-0.05, 0) is 30.7 Å². The molecule has 0 bridgehead atoms. The van der Waals surface area contributed by atoms with Gasteiger partial charge in [-0.3, -0.25) is 0 Å². The standard InChI is InChI=1S/C13H19NO4S/c1-19(15,16)8-2-5-14-10-11-3-4-12-13(9-11)18-7-6-17-12/h3-4,9,14H,2,5-8,10H2,1H3. The van der Waals surface area contributed by atoms with Crippen LogP contribution in [0, 0.1) is 0 Å². The maximum absolute atomic E-state index is 11.0. The predicted molar refractivity (Wildman–Crippen MR) is 73.5 cm³/mol. The molecule has 106 valence electrons. The largest absolute Gasteiger partial charge is 0.486 e. The van der Waals surface area contributed by atoms with Crippen molar-refractivity contribution in [2.45, 2.75) is 13.0 Å². The summed E-state index contributed by atoms with van der Waals surface area (Å²) in [5.41, 5.74) is 1.10. The van der Waals surface area contributed by atoms with Gasteiger partial charge in [-0.2, -0.15) is 0 Å². The second-order valence-electron chi connectivity index (χ2n) is 4.64. The first-order chi connectivity index (χ1) is 9.04. The van der Waals surface area contributed by atoms with Gasteiger partial charge in [-0.25, -0.2) is 8.42 Å². The molecule has 0 radical (unpaired) electrons. The molecule has 0 spiro atoms. The maximum Gasteiger partial charge on any atom is 0.161 e. The smallest absolute Gasteiger partial charge is 0.161 e. The van der Waals surface area contributed by atoms with Gasteiger partial charge in [-0.1, -0.05) is 6.07 Å². The Hall–Kier alpha value is -1.27. The Morgan fingerprint density at radius 3 is 2.68 bits per heavy atom. The van der Waals surface area contributed by atoms with Gasteiger partial charge in [0, 0.05) is 12.8 Å². The van der Waals surface area contributed by atoms with E-state index < -0.39 is 9.84 Å². The van der Waals surface area contributed by atoms with E-state index in [9.17, 15) is 8.42 Å². The topological polar surface area (TPSA) is 64.6 Å². The van der Waals surface area contributed by atoms with Crippen LogP contribution >= 0.6 is 0 Å². The Morgan fingerprint density at radius 2 is 1.95 bits per heavy atom. The summed E-state index contributed by atoms with van der Waals surface area (Å²) >= 11 is 0. The van der Waals surface area contributed by atoms with Gasteiger partial charge < -0.3 is 14.8 Å². The van der Waals surface area contributed by atoms with E-state index in [1.54, 1.807) is 0 Å². The number of nitrogens with one attached hydrogen (secondary N) is 1. The summed E-state index contributed by atoms with van der Waals surface area (Å²) in [6, 6.07) is 5.84. The summed E-state index contributed by atoms with van der Waals surface area (Å²) in [6.45, 7) is 2.55. The molecule has 5 nitrogen and oxygen atoms in total. The number of rotatable bonds is 6. The Bertz CT molecular complexity index is 527. The van der Waals surface area contributed by atoms with Crippen LogP contribution in [-0.4, -0.2) is 40.2 Å². The molecule has 19 heavy (non-hydrogen) atoms. The van der Waals surface area contributed by atoms with Crippen molar-refractivity contribution in [1.29, 1.82) is 0 Å². The van der Waals surface area contributed by atoms with Crippen LogP contribution in [0.15, 0.2) is 18.2 Å². The summed E-state index contributed by atoms with van der Waals surface area (Å²) in [4.78, 5) is 0. The maximum atomic E-state index is 11.0. The highest BCUT2D eigenvalue weighted by molar-refractivity contribution is 7.90. The lowest BCUT2D eigenvalue weighted by atomic mass is 10.2. The summed E-state index contributed by atoms with van der Waals surface area (Å²) in [5.74, 6) is 1.79. The molecule has 0 aromatic heterocycles. The van der Waals surface area contributed by atoms with Crippen molar-refractivity contribution in [3.63, 3.8) is 0 Å². The third kappa shape index (κ3) is 4.72. The van der Waals surface area contributed by atoms with E-state index in [0.717, 1.165) is 17.1 Å². The molecule has 0 unspecified atom stereocenters. The molecular formula is C13H19NO4S. The molecule has 0 saturated heterocycles. The average molecular weight is 285 g/mol.